The summed E-state index contributed by atoms with van der Waals surface area (Å²) in [6.45, 7) is 1.71. The molecule has 2 aromatic rings. The van der Waals surface area contributed by atoms with Gasteiger partial charge in [0.05, 0.1) is 6.04 Å². The number of benzene rings is 2. The van der Waals surface area contributed by atoms with E-state index < -0.39 is 29.3 Å². The van der Waals surface area contributed by atoms with Gasteiger partial charge in [0.25, 0.3) is 0 Å². The maximum Gasteiger partial charge on any atom is 0.332 e. The van der Waals surface area contributed by atoms with Crippen LogP contribution in [0.3, 0.4) is 0 Å². The monoisotopic (exact) mass is 472 g/mol. The van der Waals surface area contributed by atoms with Gasteiger partial charge in [-0.1, -0.05) is 35.3 Å². The number of carbonyl (C=O) groups is 3. The van der Waals surface area contributed by atoms with Crippen molar-refractivity contribution in [3.05, 3.63) is 58.1 Å². The third kappa shape index (κ3) is 2.91. The van der Waals surface area contributed by atoms with Gasteiger partial charge in [0, 0.05) is 55.1 Å². The number of amides is 4. The van der Waals surface area contributed by atoms with Crippen molar-refractivity contribution in [3.63, 3.8) is 0 Å². The van der Waals surface area contributed by atoms with Gasteiger partial charge >= 0.3 is 6.03 Å². The largest absolute Gasteiger partial charge is 0.368 e. The van der Waals surface area contributed by atoms with Crippen LogP contribution in [0.25, 0.3) is 0 Å². The van der Waals surface area contributed by atoms with Crippen molar-refractivity contribution in [1.82, 2.24) is 9.80 Å². The molecule has 9 heteroatoms. The molecule has 3 heterocycles. The van der Waals surface area contributed by atoms with Crippen molar-refractivity contribution in [2.45, 2.75) is 12.5 Å². The number of imide groups is 2. The minimum absolute atomic E-state index is 0.212. The summed E-state index contributed by atoms with van der Waals surface area (Å²) in [4.78, 5) is 46.2. The molecule has 0 aliphatic carbocycles. The van der Waals surface area contributed by atoms with E-state index >= 15 is 0 Å². The number of carbonyl (C=O) groups excluding carboxylic acids is 3. The van der Waals surface area contributed by atoms with Gasteiger partial charge in [-0.25, -0.2) is 4.79 Å². The van der Waals surface area contributed by atoms with Crippen LogP contribution >= 0.6 is 23.2 Å². The molecule has 7 nitrogen and oxygen atoms in total. The fourth-order valence-electron chi connectivity index (χ4n) is 5.30. The lowest BCUT2D eigenvalue weighted by atomic mass is 9.67. The van der Waals surface area contributed by atoms with Gasteiger partial charge in [-0.05, 0) is 42.3 Å². The van der Waals surface area contributed by atoms with Crippen LogP contribution in [0.2, 0.25) is 10.0 Å². The molecular formula is C23H22Cl2N4O3. The first-order valence-electron chi connectivity index (χ1n) is 10.4. The quantitative estimate of drug-likeness (QED) is 0.595. The Bertz CT molecular complexity index is 1130. The number of halogens is 2. The van der Waals surface area contributed by atoms with Gasteiger partial charge in [-0.2, -0.15) is 0 Å². The number of barbiturate groups is 1. The van der Waals surface area contributed by atoms with E-state index in [1.807, 2.05) is 36.4 Å². The topological polar surface area (TPSA) is 64.2 Å². The highest BCUT2D eigenvalue weighted by Gasteiger charge is 2.63. The second-order valence-corrected chi connectivity index (χ2v) is 9.44. The van der Waals surface area contributed by atoms with E-state index in [0.717, 1.165) is 26.7 Å². The third-order valence-corrected chi connectivity index (χ3v) is 7.37. The SMILES string of the molecule is CN1C(=O)N(C)C(=O)C2(Cc3ccc(Cl)cc3N3CCN(c4cccc(Cl)c4)C[C@@H]32)C1=O. The van der Waals surface area contributed by atoms with Gasteiger partial charge in [-0.3, -0.25) is 19.4 Å². The summed E-state index contributed by atoms with van der Waals surface area (Å²) >= 11 is 12.5. The number of anilines is 2. The number of fused-ring (bicyclic) bond motifs is 4. The second-order valence-electron chi connectivity index (χ2n) is 8.57. The van der Waals surface area contributed by atoms with E-state index in [1.54, 1.807) is 6.07 Å². The maximum absolute atomic E-state index is 13.7. The summed E-state index contributed by atoms with van der Waals surface area (Å²) in [6, 6.07) is 12.0. The lowest BCUT2D eigenvalue weighted by Gasteiger charge is -2.56. The molecule has 5 rings (SSSR count). The zero-order valence-electron chi connectivity index (χ0n) is 17.7. The van der Waals surface area contributed by atoms with E-state index in [-0.39, 0.29) is 6.42 Å². The predicted octanol–water partition coefficient (Wildman–Crippen LogP) is 3.28. The summed E-state index contributed by atoms with van der Waals surface area (Å²) < 4.78 is 0. The molecule has 1 spiro atoms. The Hall–Kier alpha value is -2.77. The molecule has 0 aromatic heterocycles. The third-order valence-electron chi connectivity index (χ3n) is 6.90. The first kappa shape index (κ1) is 21.1. The Kier molecular flexibility index (Phi) is 4.87. The first-order valence-corrected chi connectivity index (χ1v) is 11.2. The van der Waals surface area contributed by atoms with Crippen LogP contribution in [0, 0.1) is 5.41 Å². The van der Waals surface area contributed by atoms with Crippen LogP contribution in [0.4, 0.5) is 16.2 Å². The number of rotatable bonds is 1. The zero-order valence-corrected chi connectivity index (χ0v) is 19.2. The molecule has 32 heavy (non-hydrogen) atoms. The maximum atomic E-state index is 13.7. The Balaban J connectivity index is 1.66. The standard InChI is InChI=1S/C23H22Cl2N4O3/c1-26-20(30)23(21(31)27(2)22(26)32)12-14-6-7-16(25)11-18(14)29-9-8-28(13-19(23)29)17-5-3-4-15(24)10-17/h3-7,10-11,19H,8-9,12-13H2,1-2H3/t19-/m1/s1. The Morgan fingerprint density at radius 3 is 2.28 bits per heavy atom. The summed E-state index contributed by atoms with van der Waals surface area (Å²) in [5.74, 6) is -0.928. The van der Waals surface area contributed by atoms with Crippen molar-refractivity contribution in [3.8, 4) is 0 Å². The van der Waals surface area contributed by atoms with Gasteiger partial charge in [0.15, 0.2) is 5.41 Å². The van der Waals surface area contributed by atoms with Crippen molar-refractivity contribution in [2.24, 2.45) is 5.41 Å². The first-order chi connectivity index (χ1) is 15.2. The number of hydrogen-bond acceptors (Lipinski definition) is 5. The second kappa shape index (κ2) is 7.39. The summed E-state index contributed by atoms with van der Waals surface area (Å²) in [5.41, 5.74) is 1.33. The number of hydrogen-bond donors (Lipinski definition) is 0. The molecule has 4 amide bonds. The average Bonchev–Trinajstić information content (AvgIpc) is 2.80. The molecule has 0 unspecified atom stereocenters. The molecule has 2 saturated heterocycles. The highest BCUT2D eigenvalue weighted by Crippen LogP contribution is 2.47. The van der Waals surface area contributed by atoms with E-state index in [0.29, 0.717) is 29.7 Å². The van der Waals surface area contributed by atoms with Crippen molar-refractivity contribution in [2.75, 3.05) is 43.5 Å². The van der Waals surface area contributed by atoms with E-state index in [2.05, 4.69) is 9.80 Å². The van der Waals surface area contributed by atoms with Crippen LogP contribution in [-0.2, 0) is 16.0 Å². The average molecular weight is 473 g/mol. The molecule has 0 radical (unpaired) electrons. The van der Waals surface area contributed by atoms with E-state index in [1.165, 1.54) is 14.1 Å². The van der Waals surface area contributed by atoms with Gasteiger partial charge in [-0.15, -0.1) is 0 Å². The molecule has 2 aromatic carbocycles. The highest BCUT2D eigenvalue weighted by atomic mass is 35.5. The summed E-state index contributed by atoms with van der Waals surface area (Å²) in [6.07, 6.45) is 0.212. The molecule has 166 valence electrons. The van der Waals surface area contributed by atoms with E-state index in [9.17, 15) is 14.4 Å². The molecule has 3 aliphatic rings. The molecule has 3 aliphatic heterocycles. The smallest absolute Gasteiger partial charge is 0.332 e. The normalized spacial score (nSPS) is 22.4. The fraction of sp³-hybridized carbons (Fsp3) is 0.348. The van der Waals surface area contributed by atoms with Crippen molar-refractivity contribution < 1.29 is 14.4 Å². The van der Waals surface area contributed by atoms with Crippen LogP contribution in [0.5, 0.6) is 0 Å². The van der Waals surface area contributed by atoms with E-state index in [4.69, 9.17) is 23.2 Å². The lowest BCUT2D eigenvalue weighted by molar-refractivity contribution is -0.159. The zero-order chi connectivity index (χ0) is 22.8. The van der Waals surface area contributed by atoms with Crippen LogP contribution in [0.1, 0.15) is 5.56 Å². The molecule has 1 atom stereocenters. The highest BCUT2D eigenvalue weighted by molar-refractivity contribution is 6.31. The van der Waals surface area contributed by atoms with Gasteiger partial charge in [0.2, 0.25) is 11.8 Å². The predicted molar refractivity (Wildman–Crippen MR) is 123 cm³/mol. The molecule has 2 fully saturated rings. The molecule has 0 saturated carbocycles. The number of nitrogens with zero attached hydrogens (tertiary/aromatic N) is 4. The van der Waals surface area contributed by atoms with Crippen LogP contribution < -0.4 is 9.80 Å². The summed E-state index contributed by atoms with van der Waals surface area (Å²) in [5, 5.41) is 1.22. The number of piperazine rings is 1. The van der Waals surface area contributed by atoms with Gasteiger partial charge < -0.3 is 9.80 Å². The lowest BCUT2D eigenvalue weighted by Crippen LogP contribution is -2.74. The minimum atomic E-state index is -1.41. The summed E-state index contributed by atoms with van der Waals surface area (Å²) in [7, 11) is 2.88. The molecule has 0 bridgehead atoms. The minimum Gasteiger partial charge on any atom is -0.368 e. The Morgan fingerprint density at radius 1 is 0.906 bits per heavy atom. The molecule has 0 N–H and O–H groups in total. The Labute approximate surface area is 196 Å². The fourth-order valence-corrected chi connectivity index (χ4v) is 5.65. The van der Waals surface area contributed by atoms with Gasteiger partial charge in [0.1, 0.15) is 0 Å². The molecular weight excluding hydrogens is 451 g/mol. The van der Waals surface area contributed by atoms with Crippen LogP contribution in [-0.4, -0.2) is 67.4 Å². The van der Waals surface area contributed by atoms with Crippen LogP contribution in [0.15, 0.2) is 42.5 Å². The van der Waals surface area contributed by atoms with Crippen molar-refractivity contribution in [1.29, 1.82) is 0 Å². The Morgan fingerprint density at radius 2 is 1.59 bits per heavy atom. The van der Waals surface area contributed by atoms with Crippen molar-refractivity contribution >= 4 is 52.4 Å². The number of urea groups is 1.